The van der Waals surface area contributed by atoms with Gasteiger partial charge in [0, 0.05) is 30.7 Å². The van der Waals surface area contributed by atoms with Crippen LogP contribution in [0.1, 0.15) is 300 Å². The lowest BCUT2D eigenvalue weighted by molar-refractivity contribution is -0.202. The van der Waals surface area contributed by atoms with E-state index in [9.17, 15) is 33.7 Å². The van der Waals surface area contributed by atoms with Crippen molar-refractivity contribution in [2.24, 2.45) is 50.2 Å². The van der Waals surface area contributed by atoms with Crippen molar-refractivity contribution in [3.63, 3.8) is 0 Å². The summed E-state index contributed by atoms with van der Waals surface area (Å²) in [6.07, 6.45) is 39.7. The highest BCUT2D eigenvalue weighted by Crippen LogP contribution is 2.75. The Morgan fingerprint density at radius 2 is 1.14 bits per heavy atom. The minimum Gasteiger partial charge on any atom is -0.462 e. The Morgan fingerprint density at radius 3 is 1.68 bits per heavy atom. The molecule has 3 N–H and O–H groups in total. The Hall–Kier alpha value is -2.11. The standard InChI is InChI=1S/C67H118NO11P/c1-10-12-14-16-18-20-22-24-26-28-30-32-34-36-58(71)76-50-52(79-59(72)37-35-33-31-29-27-25-23-21-19-17-15-13-11-2)51-78-80(74,75)77-47-46-68-61(73)64(6)43-42-63(5)44-45-66(8)53(54(63)49-64)48-55(69)60-65(7)40-39-57(70)62(3,4)56(65)38-41-67(60,66)9/h48,52,54,56-57,60,70H,10-47,49-51H2,1-9H3,(H,68,73)(H,74,75)/t52?,54-,56-,57-,60+,63+,64-,65-,66+,67+/m0/s1. The summed E-state index contributed by atoms with van der Waals surface area (Å²) >= 11 is 0. The zero-order chi connectivity index (χ0) is 58.5. The molecule has 0 bridgehead atoms. The van der Waals surface area contributed by atoms with Crippen LogP contribution in [0.25, 0.3) is 0 Å². The summed E-state index contributed by atoms with van der Waals surface area (Å²) in [5.74, 6) is -0.615. The number of allylic oxidation sites excluding steroid dienone is 2. The lowest BCUT2D eigenvalue weighted by Crippen LogP contribution is -2.66. The maximum atomic E-state index is 14.8. The van der Waals surface area contributed by atoms with Crippen molar-refractivity contribution < 1.29 is 52.3 Å². The molecule has 462 valence electrons. The number of amides is 1. The van der Waals surface area contributed by atoms with Gasteiger partial charge in [0.25, 0.3) is 0 Å². The molecule has 0 aromatic heterocycles. The number of esters is 2. The number of unbranched alkanes of at least 4 members (excludes halogenated alkanes) is 24. The van der Waals surface area contributed by atoms with Crippen LogP contribution in [0, 0.1) is 50.2 Å². The lowest BCUT2D eigenvalue weighted by Gasteiger charge is -2.70. The zero-order valence-electron chi connectivity index (χ0n) is 52.5. The van der Waals surface area contributed by atoms with Crippen LogP contribution in [0.5, 0.6) is 0 Å². The van der Waals surface area contributed by atoms with Crippen molar-refractivity contribution in [1.29, 1.82) is 0 Å². The highest BCUT2D eigenvalue weighted by molar-refractivity contribution is 7.47. The van der Waals surface area contributed by atoms with Gasteiger partial charge in [0.2, 0.25) is 5.91 Å². The van der Waals surface area contributed by atoms with E-state index in [0.717, 1.165) is 77.0 Å². The Morgan fingerprint density at radius 1 is 0.637 bits per heavy atom. The molecule has 0 aliphatic heterocycles. The first-order chi connectivity index (χ1) is 38.0. The molecule has 0 heterocycles. The van der Waals surface area contributed by atoms with Gasteiger partial charge in [-0.2, -0.15) is 0 Å². The van der Waals surface area contributed by atoms with Gasteiger partial charge < -0.3 is 24.8 Å². The van der Waals surface area contributed by atoms with Crippen LogP contribution in [-0.2, 0) is 42.3 Å². The molecule has 0 aromatic rings. The number of rotatable bonds is 39. The van der Waals surface area contributed by atoms with Gasteiger partial charge in [-0.05, 0) is 116 Å². The average Bonchev–Trinajstić information content (AvgIpc) is 2.01. The third-order valence-corrected chi connectivity index (χ3v) is 22.8. The number of hydrogen-bond acceptors (Lipinski definition) is 10. The molecular formula is C67H118NO11P. The van der Waals surface area contributed by atoms with Gasteiger partial charge in [0.05, 0.1) is 19.3 Å². The quantitative estimate of drug-likeness (QED) is 0.0303. The summed E-state index contributed by atoms with van der Waals surface area (Å²) in [5.41, 5.74) is -0.458. The number of aliphatic hydroxyl groups is 1. The summed E-state index contributed by atoms with van der Waals surface area (Å²) < 4.78 is 35.2. The SMILES string of the molecule is CCCCCCCCCCCCCCCC(=O)OCC(COP(=O)(O)OCCNC(=O)[C@@]1(C)CC[C@]2(C)CC[C@]3(C)C(=CC(=O)[C@@H]4[C@@]5(C)CC[C@H](O)C(C)(C)[C@@H]5CC[C@]43C)[C@@H]2C1)OC(=O)CCCCCCCCCCCCCCC. The Balaban J connectivity index is 1.08. The van der Waals surface area contributed by atoms with Gasteiger partial charge in [-0.15, -0.1) is 0 Å². The maximum Gasteiger partial charge on any atom is 0.472 e. The highest BCUT2D eigenvalue weighted by Gasteiger charge is 2.70. The van der Waals surface area contributed by atoms with Crippen molar-refractivity contribution in [2.45, 2.75) is 312 Å². The third kappa shape index (κ3) is 18.7. The fraction of sp³-hybridized carbons (Fsp3) is 0.910. The number of ketones is 1. The van der Waals surface area contributed by atoms with E-state index in [1.54, 1.807) is 0 Å². The van der Waals surface area contributed by atoms with Crippen molar-refractivity contribution in [1.82, 2.24) is 5.32 Å². The van der Waals surface area contributed by atoms with E-state index in [0.29, 0.717) is 32.1 Å². The molecule has 0 spiro atoms. The molecule has 5 aliphatic rings. The summed E-state index contributed by atoms with van der Waals surface area (Å²) in [4.78, 5) is 65.7. The van der Waals surface area contributed by atoms with E-state index in [1.807, 2.05) is 13.0 Å². The van der Waals surface area contributed by atoms with Crippen LogP contribution in [0.2, 0.25) is 0 Å². The molecule has 11 atom stereocenters. The normalized spacial score (nSPS) is 30.9. The fourth-order valence-corrected chi connectivity index (χ4v) is 17.1. The first-order valence-corrected chi connectivity index (χ1v) is 34.7. The van der Waals surface area contributed by atoms with Crippen LogP contribution < -0.4 is 5.32 Å². The molecule has 5 rings (SSSR count). The van der Waals surface area contributed by atoms with Gasteiger partial charge in [0.15, 0.2) is 11.9 Å². The van der Waals surface area contributed by atoms with Crippen molar-refractivity contribution >= 4 is 31.5 Å². The molecule has 5 aliphatic carbocycles. The second-order valence-electron chi connectivity index (χ2n) is 28.3. The monoisotopic (exact) mass is 1140 g/mol. The fourth-order valence-electron chi connectivity index (χ4n) is 16.3. The minimum atomic E-state index is -4.68. The molecule has 0 saturated heterocycles. The van der Waals surface area contributed by atoms with Crippen LogP contribution in [0.4, 0.5) is 0 Å². The Labute approximate surface area is 487 Å². The van der Waals surface area contributed by atoms with E-state index in [4.69, 9.17) is 18.5 Å². The third-order valence-electron chi connectivity index (χ3n) is 21.9. The molecule has 80 heavy (non-hydrogen) atoms. The largest absolute Gasteiger partial charge is 0.472 e. The number of fused-ring (bicyclic) bond motifs is 7. The second kappa shape index (κ2) is 32.4. The molecule has 1 amide bonds. The number of carbonyl (C=O) groups excluding carboxylic acids is 4. The van der Waals surface area contributed by atoms with E-state index in [-0.39, 0.29) is 95.2 Å². The first kappa shape index (κ1) is 68.7. The second-order valence-corrected chi connectivity index (χ2v) is 29.7. The number of carbonyl (C=O) groups is 4. The Kier molecular flexibility index (Phi) is 27.8. The average molecular weight is 1140 g/mol. The molecule has 0 aromatic carbocycles. The summed E-state index contributed by atoms with van der Waals surface area (Å²) in [6, 6.07) is 0. The molecule has 0 radical (unpaired) electrons. The smallest absolute Gasteiger partial charge is 0.462 e. The highest BCUT2D eigenvalue weighted by atomic mass is 31.2. The van der Waals surface area contributed by atoms with Crippen LogP contribution >= 0.6 is 7.82 Å². The van der Waals surface area contributed by atoms with Gasteiger partial charge in [-0.3, -0.25) is 28.2 Å². The van der Waals surface area contributed by atoms with E-state index >= 15 is 0 Å². The van der Waals surface area contributed by atoms with Crippen molar-refractivity contribution in [3.05, 3.63) is 11.6 Å². The summed E-state index contributed by atoms with van der Waals surface area (Å²) in [5, 5.41) is 14.1. The topological polar surface area (TPSA) is 175 Å². The number of nitrogens with one attached hydrogen (secondary N) is 1. The zero-order valence-corrected chi connectivity index (χ0v) is 53.4. The molecule has 12 nitrogen and oxygen atoms in total. The molecule has 2 unspecified atom stereocenters. The number of phosphoric acid groups is 1. The Bertz CT molecular complexity index is 2010. The summed E-state index contributed by atoms with van der Waals surface area (Å²) in [6.45, 7) is 19.2. The predicted octanol–water partition coefficient (Wildman–Crippen LogP) is 17.0. The van der Waals surface area contributed by atoms with Gasteiger partial charge in [-0.25, -0.2) is 4.57 Å². The van der Waals surface area contributed by atoms with Gasteiger partial charge >= 0.3 is 19.8 Å². The van der Waals surface area contributed by atoms with Gasteiger partial charge in [0.1, 0.15) is 6.61 Å². The van der Waals surface area contributed by atoms with Gasteiger partial charge in [-0.1, -0.05) is 222 Å². The number of phosphoric ester groups is 1. The minimum absolute atomic E-state index is 0.0257. The van der Waals surface area contributed by atoms with Crippen LogP contribution in [-0.4, -0.2) is 72.2 Å². The van der Waals surface area contributed by atoms with E-state index in [2.05, 4.69) is 60.7 Å². The number of ether oxygens (including phenoxy) is 2. The molecular weight excluding hydrogens is 1030 g/mol. The predicted molar refractivity (Wildman–Crippen MR) is 322 cm³/mol. The first-order valence-electron chi connectivity index (χ1n) is 33.2. The van der Waals surface area contributed by atoms with Crippen molar-refractivity contribution in [3.8, 4) is 0 Å². The maximum absolute atomic E-state index is 14.8. The summed E-state index contributed by atoms with van der Waals surface area (Å²) in [7, 11) is -4.68. The lowest BCUT2D eigenvalue weighted by atomic mass is 9.33. The van der Waals surface area contributed by atoms with Crippen LogP contribution in [0.3, 0.4) is 0 Å². The molecule has 13 heteroatoms. The molecule has 4 fully saturated rings. The van der Waals surface area contributed by atoms with E-state index < -0.39 is 37.9 Å². The van der Waals surface area contributed by atoms with E-state index in [1.165, 1.54) is 121 Å². The number of aliphatic hydroxyl groups excluding tert-OH is 1. The van der Waals surface area contributed by atoms with Crippen LogP contribution in [0.15, 0.2) is 11.6 Å². The van der Waals surface area contributed by atoms with Crippen molar-refractivity contribution in [2.75, 3.05) is 26.4 Å². The number of hydrogen-bond donors (Lipinski definition) is 3. The molecule has 4 saturated carbocycles.